The topological polar surface area (TPSA) is 72.4 Å². The number of carbonyl (C=O) groups is 1. The van der Waals surface area contributed by atoms with Gasteiger partial charge in [0, 0.05) is 24.6 Å². The van der Waals surface area contributed by atoms with Crippen LogP contribution in [0.1, 0.15) is 73.3 Å². The van der Waals surface area contributed by atoms with Crippen LogP contribution in [0.25, 0.3) is 0 Å². The predicted octanol–water partition coefficient (Wildman–Crippen LogP) is 3.33. The number of nitrogens with zero attached hydrogens (tertiary/aromatic N) is 3. The van der Waals surface area contributed by atoms with E-state index in [9.17, 15) is 4.79 Å². The molecule has 0 bridgehead atoms. The summed E-state index contributed by atoms with van der Waals surface area (Å²) in [6.45, 7) is 6.75. The molecule has 6 heteroatoms. The van der Waals surface area contributed by atoms with E-state index in [0.29, 0.717) is 12.2 Å². The van der Waals surface area contributed by atoms with E-state index in [1.807, 2.05) is 31.7 Å². The first-order chi connectivity index (χ1) is 10.6. The minimum absolute atomic E-state index is 0.0560. The molecule has 2 aromatic rings. The van der Waals surface area contributed by atoms with Gasteiger partial charge in [-0.15, -0.1) is 0 Å². The zero-order valence-corrected chi connectivity index (χ0v) is 13.2. The van der Waals surface area contributed by atoms with Crippen LogP contribution in [0, 0.1) is 0 Å². The molecule has 6 nitrogen and oxygen atoms in total. The molecule has 1 aliphatic heterocycles. The normalized spacial score (nSPS) is 18.4. The Bertz CT molecular complexity index is 659. The molecule has 0 N–H and O–H groups in total. The third kappa shape index (κ3) is 2.65. The quantitative estimate of drug-likeness (QED) is 0.866. The first-order valence-corrected chi connectivity index (χ1v) is 7.83. The molecule has 0 spiro atoms. The number of aryl methyl sites for hydroxylation is 1. The first-order valence-electron chi connectivity index (χ1n) is 7.83. The third-order valence-electron chi connectivity index (χ3n) is 4.10. The van der Waals surface area contributed by atoms with Crippen molar-refractivity contribution in [3.63, 3.8) is 0 Å². The maximum absolute atomic E-state index is 12.7. The Labute approximate surface area is 129 Å². The summed E-state index contributed by atoms with van der Waals surface area (Å²) in [6, 6.07) is 3.62. The van der Waals surface area contributed by atoms with Crippen LogP contribution in [-0.2, 0) is 6.42 Å². The van der Waals surface area contributed by atoms with Crippen molar-refractivity contribution in [1.29, 1.82) is 0 Å². The summed E-state index contributed by atoms with van der Waals surface area (Å²) in [6.07, 6.45) is 2.66. The number of carbonyl (C=O) groups excluding carboxylic acids is 1. The third-order valence-corrected chi connectivity index (χ3v) is 4.10. The molecule has 1 fully saturated rings. The van der Waals surface area contributed by atoms with Crippen molar-refractivity contribution in [1.82, 2.24) is 15.2 Å². The lowest BCUT2D eigenvalue weighted by molar-refractivity contribution is 0.0704. The van der Waals surface area contributed by atoms with Gasteiger partial charge in [0.2, 0.25) is 0 Å². The van der Waals surface area contributed by atoms with Gasteiger partial charge < -0.3 is 13.9 Å². The van der Waals surface area contributed by atoms with E-state index in [4.69, 9.17) is 9.05 Å². The van der Waals surface area contributed by atoms with Crippen LogP contribution in [0.15, 0.2) is 21.2 Å². The Balaban J connectivity index is 1.81. The molecule has 1 atom stereocenters. The average Bonchev–Trinajstić information content (AvgIpc) is 3.24. The van der Waals surface area contributed by atoms with Crippen molar-refractivity contribution >= 4 is 5.91 Å². The molecule has 118 valence electrons. The summed E-state index contributed by atoms with van der Waals surface area (Å²) >= 11 is 0. The molecule has 0 saturated carbocycles. The highest BCUT2D eigenvalue weighted by atomic mass is 16.5. The fourth-order valence-corrected chi connectivity index (χ4v) is 2.77. The van der Waals surface area contributed by atoms with Crippen LogP contribution in [0.4, 0.5) is 0 Å². The standard InChI is InChI=1S/C16H21N3O3/c1-4-11-8-15(22-17-11)13-6-5-7-19(13)16(20)12-9-14(10(2)3)21-18-12/h8-10,13H,4-7H2,1-3H3/t13-/m0/s1. The van der Waals surface area contributed by atoms with E-state index in [0.717, 1.165) is 36.5 Å². The molecule has 22 heavy (non-hydrogen) atoms. The lowest BCUT2D eigenvalue weighted by Gasteiger charge is -2.21. The molecule has 2 aromatic heterocycles. The molecule has 3 rings (SSSR count). The van der Waals surface area contributed by atoms with Gasteiger partial charge in [-0.3, -0.25) is 4.79 Å². The highest BCUT2D eigenvalue weighted by molar-refractivity contribution is 5.92. The lowest BCUT2D eigenvalue weighted by atomic mass is 10.1. The average molecular weight is 303 g/mol. The van der Waals surface area contributed by atoms with Gasteiger partial charge in [0.1, 0.15) is 5.76 Å². The molecule has 1 saturated heterocycles. The second-order valence-electron chi connectivity index (χ2n) is 6.00. The van der Waals surface area contributed by atoms with E-state index >= 15 is 0 Å². The number of likely N-dealkylation sites (tertiary alicyclic amines) is 1. The molecule has 0 unspecified atom stereocenters. The highest BCUT2D eigenvalue weighted by Crippen LogP contribution is 2.33. The Morgan fingerprint density at radius 2 is 2.18 bits per heavy atom. The van der Waals surface area contributed by atoms with Gasteiger partial charge in [-0.25, -0.2) is 0 Å². The lowest BCUT2D eigenvalue weighted by Crippen LogP contribution is -2.30. The first kappa shape index (κ1) is 14.8. The monoisotopic (exact) mass is 303 g/mol. The second-order valence-corrected chi connectivity index (χ2v) is 6.00. The molecule has 3 heterocycles. The molecule has 1 aliphatic rings. The summed E-state index contributed by atoms with van der Waals surface area (Å²) in [5.41, 5.74) is 1.28. The molecule has 1 amide bonds. The van der Waals surface area contributed by atoms with Crippen LogP contribution in [0.3, 0.4) is 0 Å². The Hall–Kier alpha value is -2.11. The van der Waals surface area contributed by atoms with Gasteiger partial charge in [-0.05, 0) is 19.3 Å². The van der Waals surface area contributed by atoms with Crippen molar-refractivity contribution in [2.45, 2.75) is 52.0 Å². The summed E-state index contributed by atoms with van der Waals surface area (Å²) in [5.74, 6) is 1.60. The van der Waals surface area contributed by atoms with Crippen LogP contribution < -0.4 is 0 Å². The number of amides is 1. The number of hydrogen-bond acceptors (Lipinski definition) is 5. The molecule has 0 aromatic carbocycles. The number of rotatable bonds is 4. The molecule has 0 radical (unpaired) electrons. The highest BCUT2D eigenvalue weighted by Gasteiger charge is 2.34. The van der Waals surface area contributed by atoms with Crippen molar-refractivity contribution < 1.29 is 13.8 Å². The summed E-state index contributed by atoms with van der Waals surface area (Å²) in [4.78, 5) is 14.5. The fraction of sp³-hybridized carbons (Fsp3) is 0.562. The second kappa shape index (κ2) is 5.94. The zero-order valence-electron chi connectivity index (χ0n) is 13.2. The van der Waals surface area contributed by atoms with Crippen LogP contribution >= 0.6 is 0 Å². The van der Waals surface area contributed by atoms with Gasteiger partial charge in [-0.1, -0.05) is 31.1 Å². The van der Waals surface area contributed by atoms with E-state index < -0.39 is 0 Å². The van der Waals surface area contributed by atoms with Gasteiger partial charge in [0.25, 0.3) is 5.91 Å². The van der Waals surface area contributed by atoms with Crippen molar-refractivity contribution in [2.24, 2.45) is 0 Å². The summed E-state index contributed by atoms with van der Waals surface area (Å²) in [5, 5.41) is 7.94. The minimum atomic E-state index is -0.104. The number of aromatic nitrogens is 2. The van der Waals surface area contributed by atoms with Gasteiger partial charge in [0.05, 0.1) is 11.7 Å². The van der Waals surface area contributed by atoms with Crippen molar-refractivity contribution in [2.75, 3.05) is 6.54 Å². The molecule has 0 aliphatic carbocycles. The smallest absolute Gasteiger partial charge is 0.276 e. The summed E-state index contributed by atoms with van der Waals surface area (Å²) in [7, 11) is 0. The van der Waals surface area contributed by atoms with E-state index in [1.54, 1.807) is 6.07 Å². The zero-order chi connectivity index (χ0) is 15.7. The van der Waals surface area contributed by atoms with Crippen LogP contribution in [0.2, 0.25) is 0 Å². The van der Waals surface area contributed by atoms with E-state index in [1.165, 1.54) is 0 Å². The molecular weight excluding hydrogens is 282 g/mol. The Kier molecular flexibility index (Phi) is 4.00. The SMILES string of the molecule is CCc1cc([C@@H]2CCCN2C(=O)c2cc(C(C)C)on2)on1. The minimum Gasteiger partial charge on any atom is -0.360 e. The van der Waals surface area contributed by atoms with Crippen LogP contribution in [0.5, 0.6) is 0 Å². The Morgan fingerprint density at radius 3 is 2.82 bits per heavy atom. The van der Waals surface area contributed by atoms with Crippen LogP contribution in [-0.4, -0.2) is 27.7 Å². The van der Waals surface area contributed by atoms with E-state index in [2.05, 4.69) is 10.3 Å². The van der Waals surface area contributed by atoms with Crippen molar-refractivity contribution in [3.8, 4) is 0 Å². The maximum Gasteiger partial charge on any atom is 0.276 e. The Morgan fingerprint density at radius 1 is 1.36 bits per heavy atom. The van der Waals surface area contributed by atoms with Gasteiger partial charge >= 0.3 is 0 Å². The largest absolute Gasteiger partial charge is 0.360 e. The summed E-state index contributed by atoms with van der Waals surface area (Å²) < 4.78 is 10.6. The van der Waals surface area contributed by atoms with E-state index in [-0.39, 0.29) is 17.9 Å². The van der Waals surface area contributed by atoms with Gasteiger partial charge in [-0.2, -0.15) is 0 Å². The number of hydrogen-bond donors (Lipinski definition) is 0. The predicted molar refractivity (Wildman–Crippen MR) is 79.5 cm³/mol. The fourth-order valence-electron chi connectivity index (χ4n) is 2.77. The maximum atomic E-state index is 12.7. The van der Waals surface area contributed by atoms with Gasteiger partial charge in [0.15, 0.2) is 11.5 Å². The van der Waals surface area contributed by atoms with Crippen molar-refractivity contribution in [3.05, 3.63) is 35.0 Å². The molecular formula is C16H21N3O3.